The molecule has 1 aliphatic heterocycles. The molecule has 10 heteroatoms. The van der Waals surface area contributed by atoms with E-state index < -0.39 is 0 Å². The van der Waals surface area contributed by atoms with Gasteiger partial charge in [0.2, 0.25) is 4.96 Å². The van der Waals surface area contributed by atoms with Crippen molar-refractivity contribution in [1.82, 2.24) is 35.0 Å². The highest BCUT2D eigenvalue weighted by atomic mass is 32.1. The molecule has 35 heavy (non-hydrogen) atoms. The molecule has 4 aromatic rings. The van der Waals surface area contributed by atoms with Crippen molar-refractivity contribution in [3.05, 3.63) is 58.5 Å². The Morgan fingerprint density at radius 3 is 2.94 bits per heavy atom. The van der Waals surface area contributed by atoms with Crippen LogP contribution < -0.4 is 5.32 Å². The zero-order valence-electron chi connectivity index (χ0n) is 20.1. The molecule has 0 bridgehead atoms. The number of hydrogen-bond donors (Lipinski definition) is 1. The van der Waals surface area contributed by atoms with Crippen LogP contribution in [0.15, 0.2) is 41.5 Å². The molecular weight excluding hydrogens is 460 g/mol. The van der Waals surface area contributed by atoms with E-state index in [4.69, 9.17) is 9.84 Å². The maximum Gasteiger partial charge on any atom is 0.234 e. The summed E-state index contributed by atoms with van der Waals surface area (Å²) in [6.45, 7) is 8.39. The third kappa shape index (κ3) is 5.62. The summed E-state index contributed by atoms with van der Waals surface area (Å²) in [6.07, 6.45) is 6.45. The minimum atomic E-state index is 0.655. The van der Waals surface area contributed by atoms with Crippen LogP contribution in [0.3, 0.4) is 0 Å². The predicted octanol–water partition coefficient (Wildman–Crippen LogP) is 2.85. The van der Waals surface area contributed by atoms with Crippen LogP contribution >= 0.6 is 11.3 Å². The molecule has 9 nitrogen and oxygen atoms in total. The number of aromatic nitrogens is 5. The van der Waals surface area contributed by atoms with Crippen LogP contribution in [-0.4, -0.2) is 82.4 Å². The van der Waals surface area contributed by atoms with Gasteiger partial charge < -0.3 is 10.1 Å². The van der Waals surface area contributed by atoms with Gasteiger partial charge in [-0.05, 0) is 36.3 Å². The van der Waals surface area contributed by atoms with Gasteiger partial charge in [0.1, 0.15) is 5.01 Å². The number of morpholine rings is 1. The SMILES string of the molecule is C/C=C(\C=NC)c1cnc2ccc(Cc3nnc4sc(CNCCN5CCOCC5)nn34)cc2c1. The van der Waals surface area contributed by atoms with Crippen LogP contribution in [0.4, 0.5) is 0 Å². The van der Waals surface area contributed by atoms with Crippen LogP contribution in [0.5, 0.6) is 0 Å². The van der Waals surface area contributed by atoms with Gasteiger partial charge in [-0.3, -0.25) is 14.9 Å². The first-order valence-corrected chi connectivity index (χ1v) is 12.7. The first-order chi connectivity index (χ1) is 17.2. The Morgan fingerprint density at radius 1 is 1.23 bits per heavy atom. The van der Waals surface area contributed by atoms with Gasteiger partial charge in [-0.1, -0.05) is 23.5 Å². The van der Waals surface area contributed by atoms with E-state index in [2.05, 4.69) is 54.7 Å². The maximum atomic E-state index is 5.41. The smallest absolute Gasteiger partial charge is 0.234 e. The molecule has 0 saturated carbocycles. The minimum Gasteiger partial charge on any atom is -0.379 e. The average Bonchev–Trinajstić information content (AvgIpc) is 3.46. The van der Waals surface area contributed by atoms with Crippen molar-refractivity contribution in [1.29, 1.82) is 0 Å². The fourth-order valence-corrected chi connectivity index (χ4v) is 5.04. The molecule has 0 unspecified atom stereocenters. The number of rotatable bonds is 9. The highest BCUT2D eigenvalue weighted by Gasteiger charge is 2.14. The fraction of sp³-hybridized carbons (Fsp3) is 0.400. The Balaban J connectivity index is 1.26. The Kier molecular flexibility index (Phi) is 7.53. The number of pyridine rings is 1. The second-order valence-corrected chi connectivity index (χ2v) is 9.54. The molecule has 0 aliphatic carbocycles. The molecule has 4 heterocycles. The third-order valence-corrected chi connectivity index (χ3v) is 7.00. The summed E-state index contributed by atoms with van der Waals surface area (Å²) in [5, 5.41) is 19.1. The molecular formula is C25H30N8OS. The van der Waals surface area contributed by atoms with Crippen molar-refractivity contribution in [2.75, 3.05) is 46.4 Å². The number of allylic oxidation sites excluding steroid dienone is 2. The number of benzene rings is 1. The quantitative estimate of drug-likeness (QED) is 0.285. The van der Waals surface area contributed by atoms with E-state index in [1.807, 2.05) is 29.9 Å². The molecule has 182 valence electrons. The lowest BCUT2D eigenvalue weighted by Gasteiger charge is -2.26. The van der Waals surface area contributed by atoms with E-state index in [0.29, 0.717) is 6.42 Å². The topological polar surface area (TPSA) is 92.8 Å². The molecule has 1 fully saturated rings. The van der Waals surface area contributed by atoms with Gasteiger partial charge in [0.05, 0.1) is 18.7 Å². The first kappa shape index (κ1) is 23.7. The Labute approximate surface area is 208 Å². The van der Waals surface area contributed by atoms with Crippen LogP contribution in [0.25, 0.3) is 21.4 Å². The van der Waals surface area contributed by atoms with E-state index in [1.165, 1.54) is 0 Å². The zero-order valence-corrected chi connectivity index (χ0v) is 21.0. The van der Waals surface area contributed by atoms with E-state index in [9.17, 15) is 0 Å². The predicted molar refractivity (Wildman–Crippen MR) is 140 cm³/mol. The lowest BCUT2D eigenvalue weighted by molar-refractivity contribution is 0.0384. The Bertz CT molecular complexity index is 1350. The molecule has 3 aromatic heterocycles. The van der Waals surface area contributed by atoms with Crippen molar-refractivity contribution < 1.29 is 4.74 Å². The van der Waals surface area contributed by atoms with Crippen LogP contribution in [0.1, 0.15) is 28.9 Å². The third-order valence-electron chi connectivity index (χ3n) is 6.10. The molecule has 0 amide bonds. The number of hydrogen-bond acceptors (Lipinski definition) is 9. The second-order valence-electron chi connectivity index (χ2n) is 8.50. The largest absolute Gasteiger partial charge is 0.379 e. The van der Waals surface area contributed by atoms with Gasteiger partial charge >= 0.3 is 0 Å². The molecule has 0 spiro atoms. The molecule has 1 aliphatic rings. The van der Waals surface area contributed by atoms with E-state index >= 15 is 0 Å². The summed E-state index contributed by atoms with van der Waals surface area (Å²) in [5.74, 6) is 0.839. The van der Waals surface area contributed by atoms with Crippen molar-refractivity contribution >= 4 is 39.0 Å². The summed E-state index contributed by atoms with van der Waals surface area (Å²) in [4.78, 5) is 12.0. The highest BCUT2D eigenvalue weighted by Crippen LogP contribution is 2.22. The summed E-state index contributed by atoms with van der Waals surface area (Å²) in [7, 11) is 1.78. The van der Waals surface area contributed by atoms with Gasteiger partial charge in [-0.25, -0.2) is 0 Å². The van der Waals surface area contributed by atoms with Gasteiger partial charge in [0.25, 0.3) is 0 Å². The average molecular weight is 491 g/mol. The molecule has 5 rings (SSSR count). The maximum absolute atomic E-state index is 5.41. The lowest BCUT2D eigenvalue weighted by Crippen LogP contribution is -2.40. The number of aliphatic imine (C=N–C) groups is 1. The fourth-order valence-electron chi connectivity index (χ4n) is 4.22. The second kappa shape index (κ2) is 11.1. The monoisotopic (exact) mass is 490 g/mol. The van der Waals surface area contributed by atoms with Gasteiger partial charge in [0.15, 0.2) is 5.82 Å². The minimum absolute atomic E-state index is 0.655. The summed E-state index contributed by atoms with van der Waals surface area (Å²) in [6, 6.07) is 8.48. The van der Waals surface area contributed by atoms with E-state index in [1.54, 1.807) is 18.4 Å². The van der Waals surface area contributed by atoms with Gasteiger partial charge in [0, 0.05) is 69.6 Å². The van der Waals surface area contributed by atoms with Crippen molar-refractivity contribution in [2.24, 2.45) is 4.99 Å². The lowest BCUT2D eigenvalue weighted by atomic mass is 10.0. The number of fused-ring (bicyclic) bond motifs is 2. The van der Waals surface area contributed by atoms with Gasteiger partial charge in [-0.15, -0.1) is 10.2 Å². The Hall–Kier alpha value is -3.05. The normalized spacial score (nSPS) is 15.7. The molecule has 0 atom stereocenters. The summed E-state index contributed by atoms with van der Waals surface area (Å²) >= 11 is 1.58. The van der Waals surface area contributed by atoms with Crippen molar-refractivity contribution in [3.8, 4) is 0 Å². The molecule has 1 saturated heterocycles. The Morgan fingerprint density at radius 2 is 2.11 bits per heavy atom. The zero-order chi connectivity index (χ0) is 24.0. The molecule has 1 aromatic carbocycles. The molecule has 0 radical (unpaired) electrons. The number of ether oxygens (including phenoxy) is 1. The van der Waals surface area contributed by atoms with E-state index in [-0.39, 0.29) is 0 Å². The van der Waals surface area contributed by atoms with Crippen LogP contribution in [0, 0.1) is 0 Å². The number of nitrogens with one attached hydrogen (secondary N) is 1. The van der Waals surface area contributed by atoms with Crippen molar-refractivity contribution in [2.45, 2.75) is 19.9 Å². The van der Waals surface area contributed by atoms with Crippen molar-refractivity contribution in [3.63, 3.8) is 0 Å². The van der Waals surface area contributed by atoms with Crippen LogP contribution in [-0.2, 0) is 17.7 Å². The van der Waals surface area contributed by atoms with Crippen LogP contribution in [0.2, 0.25) is 0 Å². The summed E-state index contributed by atoms with van der Waals surface area (Å²) < 4.78 is 7.28. The first-order valence-electron chi connectivity index (χ1n) is 11.9. The number of nitrogens with zero attached hydrogens (tertiary/aromatic N) is 7. The van der Waals surface area contributed by atoms with Gasteiger partial charge in [-0.2, -0.15) is 9.61 Å². The highest BCUT2D eigenvalue weighted by molar-refractivity contribution is 7.16. The van der Waals surface area contributed by atoms with E-state index in [0.717, 1.165) is 89.3 Å². The molecule has 1 N–H and O–H groups in total. The standard InChI is InChI=1S/C25H30N8OS/c1-3-19(15-26-2)21-14-20-12-18(4-5-22(20)28-16-21)13-23-29-30-25-33(23)31-24(35-25)17-27-6-7-32-8-10-34-11-9-32/h3-5,12,14-16,27H,6-11,13,17H2,1-2H3/b19-3+,26-15?. The summed E-state index contributed by atoms with van der Waals surface area (Å²) in [5.41, 5.74) is 4.22.